The number of carboxylic acids is 1. The van der Waals surface area contributed by atoms with Crippen LogP contribution in [-0.4, -0.2) is 55.8 Å². The minimum absolute atomic E-state index is 0.0544. The molecule has 1 aliphatic heterocycles. The zero-order chi connectivity index (χ0) is 27.0. The van der Waals surface area contributed by atoms with Gasteiger partial charge in [0.2, 0.25) is 5.95 Å². The summed E-state index contributed by atoms with van der Waals surface area (Å²) in [6.45, 7) is 0.0257. The standard InChI is InChI=1S/C26H25ClF2N6O3/c1-15-33-20-4-2-16(11-21(20)35(15)14-17-10-19(27)3-5-22(17)38-24(28)29)18-12-31-25(32-13-18)34-8-6-26(30,7-9-34)23(36)37/h2-5,10-13,24H,6-9,14,30H2,1H3,(H,36,37). The summed E-state index contributed by atoms with van der Waals surface area (Å²) in [6, 6.07) is 10.3. The van der Waals surface area contributed by atoms with Crippen LogP contribution >= 0.6 is 11.6 Å². The summed E-state index contributed by atoms with van der Waals surface area (Å²) in [6.07, 6.45) is 4.04. The number of carbonyl (C=O) groups is 1. The number of halogens is 3. The molecular formula is C26H25ClF2N6O3. The van der Waals surface area contributed by atoms with E-state index in [-0.39, 0.29) is 12.3 Å². The molecule has 0 bridgehead atoms. The minimum atomic E-state index is -2.95. The van der Waals surface area contributed by atoms with Crippen molar-refractivity contribution in [2.45, 2.75) is 38.5 Å². The lowest BCUT2D eigenvalue weighted by atomic mass is 9.89. The molecule has 0 aliphatic carbocycles. The number of benzene rings is 2. The van der Waals surface area contributed by atoms with Crippen LogP contribution in [0.15, 0.2) is 48.8 Å². The summed E-state index contributed by atoms with van der Waals surface area (Å²) >= 11 is 6.14. The first kappa shape index (κ1) is 25.8. The lowest BCUT2D eigenvalue weighted by molar-refractivity contribution is -0.144. The van der Waals surface area contributed by atoms with Crippen molar-refractivity contribution in [3.63, 3.8) is 0 Å². The van der Waals surface area contributed by atoms with E-state index >= 15 is 0 Å². The fraction of sp³-hybridized carbons (Fsp3) is 0.308. The van der Waals surface area contributed by atoms with Crippen molar-refractivity contribution >= 4 is 34.6 Å². The highest BCUT2D eigenvalue weighted by Crippen LogP contribution is 2.30. The van der Waals surface area contributed by atoms with Crippen molar-refractivity contribution in [2.75, 3.05) is 18.0 Å². The fourth-order valence-corrected chi connectivity index (χ4v) is 4.82. The molecule has 1 fully saturated rings. The molecule has 1 aliphatic rings. The van der Waals surface area contributed by atoms with E-state index in [1.54, 1.807) is 18.5 Å². The summed E-state index contributed by atoms with van der Waals surface area (Å²) < 4.78 is 32.5. The van der Waals surface area contributed by atoms with Crippen LogP contribution in [-0.2, 0) is 11.3 Å². The van der Waals surface area contributed by atoms with Crippen molar-refractivity contribution in [3.8, 4) is 16.9 Å². The van der Waals surface area contributed by atoms with E-state index in [4.69, 9.17) is 22.1 Å². The fourth-order valence-electron chi connectivity index (χ4n) is 4.63. The maximum atomic E-state index is 12.9. The quantitative estimate of drug-likeness (QED) is 0.351. The second-order valence-corrected chi connectivity index (χ2v) is 9.74. The monoisotopic (exact) mass is 542 g/mol. The van der Waals surface area contributed by atoms with Crippen LogP contribution in [0.4, 0.5) is 14.7 Å². The largest absolute Gasteiger partial charge is 0.480 e. The normalized spacial score (nSPS) is 15.3. The molecular weight excluding hydrogens is 518 g/mol. The molecule has 0 saturated carbocycles. The molecule has 0 unspecified atom stereocenters. The Morgan fingerprint density at radius 2 is 1.87 bits per heavy atom. The van der Waals surface area contributed by atoms with E-state index in [0.717, 1.165) is 22.2 Å². The number of fused-ring (bicyclic) bond motifs is 1. The molecule has 0 amide bonds. The maximum absolute atomic E-state index is 12.9. The van der Waals surface area contributed by atoms with Crippen molar-refractivity contribution < 1.29 is 23.4 Å². The predicted molar refractivity (Wildman–Crippen MR) is 139 cm³/mol. The maximum Gasteiger partial charge on any atom is 0.387 e. The van der Waals surface area contributed by atoms with E-state index < -0.39 is 18.1 Å². The van der Waals surface area contributed by atoms with Gasteiger partial charge < -0.3 is 25.0 Å². The van der Waals surface area contributed by atoms with Gasteiger partial charge in [-0.15, -0.1) is 0 Å². The third-order valence-corrected chi connectivity index (χ3v) is 7.08. The van der Waals surface area contributed by atoms with E-state index in [1.165, 1.54) is 12.1 Å². The molecule has 12 heteroatoms. The number of aliphatic carboxylic acids is 1. The Balaban J connectivity index is 1.41. The average Bonchev–Trinajstić information content (AvgIpc) is 3.20. The number of alkyl halides is 2. The molecule has 0 radical (unpaired) electrons. The van der Waals surface area contributed by atoms with Crippen molar-refractivity contribution in [1.29, 1.82) is 0 Å². The third kappa shape index (κ3) is 5.11. The van der Waals surface area contributed by atoms with Crippen LogP contribution in [0.2, 0.25) is 5.02 Å². The molecule has 9 nitrogen and oxygen atoms in total. The number of rotatable bonds is 7. The summed E-state index contributed by atoms with van der Waals surface area (Å²) in [5.74, 6) is 0.273. The van der Waals surface area contributed by atoms with Gasteiger partial charge in [0.1, 0.15) is 17.1 Å². The number of aromatic nitrogens is 4. The molecule has 2 aromatic carbocycles. The van der Waals surface area contributed by atoms with Gasteiger partial charge in [0, 0.05) is 41.6 Å². The van der Waals surface area contributed by atoms with Crippen molar-refractivity contribution in [2.24, 2.45) is 5.73 Å². The second-order valence-electron chi connectivity index (χ2n) is 9.30. The number of nitrogens with two attached hydrogens (primary N) is 1. The van der Waals surface area contributed by atoms with Gasteiger partial charge in [0.15, 0.2) is 0 Å². The third-order valence-electron chi connectivity index (χ3n) is 6.84. The SMILES string of the molecule is Cc1nc2ccc(-c3cnc(N4CCC(N)(C(=O)O)CC4)nc3)cc2n1Cc1cc(Cl)ccc1OC(F)F. The van der Waals surface area contributed by atoms with E-state index in [9.17, 15) is 18.7 Å². The topological polar surface area (TPSA) is 119 Å². The Morgan fingerprint density at radius 1 is 1.16 bits per heavy atom. The van der Waals surface area contributed by atoms with Crippen LogP contribution in [0.1, 0.15) is 24.2 Å². The number of hydrogen-bond acceptors (Lipinski definition) is 7. The first-order valence-electron chi connectivity index (χ1n) is 11.9. The van der Waals surface area contributed by atoms with Gasteiger partial charge in [-0.2, -0.15) is 8.78 Å². The number of ether oxygens (including phenoxy) is 1. The van der Waals surface area contributed by atoms with Gasteiger partial charge in [-0.05, 0) is 55.7 Å². The minimum Gasteiger partial charge on any atom is -0.480 e. The second kappa shape index (κ2) is 10.1. The van der Waals surface area contributed by atoms with Gasteiger partial charge in [-0.3, -0.25) is 4.79 Å². The zero-order valence-corrected chi connectivity index (χ0v) is 21.2. The van der Waals surface area contributed by atoms with Crippen molar-refractivity contribution in [3.05, 3.63) is 65.2 Å². The average molecular weight is 543 g/mol. The molecule has 1 saturated heterocycles. The van der Waals surface area contributed by atoms with Crippen LogP contribution in [0.25, 0.3) is 22.2 Å². The molecule has 198 valence electrons. The van der Waals surface area contributed by atoms with Crippen LogP contribution in [0.5, 0.6) is 5.75 Å². The van der Waals surface area contributed by atoms with Crippen molar-refractivity contribution in [1.82, 2.24) is 19.5 Å². The molecule has 3 heterocycles. The molecule has 0 atom stereocenters. The Hall–Kier alpha value is -3.83. The predicted octanol–water partition coefficient (Wildman–Crippen LogP) is 4.49. The van der Waals surface area contributed by atoms with Gasteiger partial charge in [0.25, 0.3) is 0 Å². The van der Waals surface area contributed by atoms with Gasteiger partial charge in [-0.25, -0.2) is 15.0 Å². The number of aryl methyl sites for hydroxylation is 1. The number of imidazole rings is 1. The first-order valence-corrected chi connectivity index (χ1v) is 12.3. The van der Waals surface area contributed by atoms with Crippen LogP contribution < -0.4 is 15.4 Å². The number of hydrogen-bond donors (Lipinski definition) is 2. The first-order chi connectivity index (χ1) is 18.1. The van der Waals surface area contributed by atoms with Gasteiger partial charge in [0.05, 0.1) is 17.6 Å². The highest BCUT2D eigenvalue weighted by Gasteiger charge is 2.38. The van der Waals surface area contributed by atoms with Crippen LogP contribution in [0.3, 0.4) is 0 Å². The molecule has 4 aromatic rings. The molecule has 0 spiro atoms. The number of anilines is 1. The summed E-state index contributed by atoms with van der Waals surface area (Å²) in [4.78, 5) is 26.9. The van der Waals surface area contributed by atoms with E-state index in [1.807, 2.05) is 34.6 Å². The Bertz CT molecular complexity index is 1490. The Morgan fingerprint density at radius 3 is 2.53 bits per heavy atom. The molecule has 2 aromatic heterocycles. The summed E-state index contributed by atoms with van der Waals surface area (Å²) in [5, 5.41) is 9.75. The lowest BCUT2D eigenvalue weighted by Gasteiger charge is -2.36. The van der Waals surface area contributed by atoms with E-state index in [2.05, 4.69) is 15.0 Å². The summed E-state index contributed by atoms with van der Waals surface area (Å²) in [7, 11) is 0. The lowest BCUT2D eigenvalue weighted by Crippen LogP contribution is -2.55. The van der Waals surface area contributed by atoms with Gasteiger partial charge in [-0.1, -0.05) is 17.7 Å². The highest BCUT2D eigenvalue weighted by atomic mass is 35.5. The van der Waals surface area contributed by atoms with Crippen LogP contribution in [0, 0.1) is 6.92 Å². The Kier molecular flexibility index (Phi) is 6.89. The van der Waals surface area contributed by atoms with E-state index in [0.29, 0.717) is 48.3 Å². The molecule has 5 rings (SSSR count). The molecule has 38 heavy (non-hydrogen) atoms. The highest BCUT2D eigenvalue weighted by molar-refractivity contribution is 6.30. The zero-order valence-electron chi connectivity index (χ0n) is 20.4. The number of piperidine rings is 1. The summed E-state index contributed by atoms with van der Waals surface area (Å²) in [5.41, 5.74) is 8.43. The molecule has 3 N–H and O–H groups in total. The smallest absolute Gasteiger partial charge is 0.387 e. The van der Waals surface area contributed by atoms with Gasteiger partial charge >= 0.3 is 12.6 Å². The number of carboxylic acid groups (broad SMARTS) is 1. The Labute approximate surface area is 221 Å². The number of nitrogens with zero attached hydrogens (tertiary/aromatic N) is 5.